The van der Waals surface area contributed by atoms with Crippen molar-refractivity contribution in [2.24, 2.45) is 5.92 Å². The number of ether oxygens (including phenoxy) is 1. The second-order valence-electron chi connectivity index (χ2n) is 6.69. The van der Waals surface area contributed by atoms with E-state index in [1.54, 1.807) is 26.3 Å². The number of hydrogen-bond acceptors (Lipinski definition) is 3. The summed E-state index contributed by atoms with van der Waals surface area (Å²) in [6, 6.07) is 14.8. The van der Waals surface area contributed by atoms with Crippen molar-refractivity contribution in [1.82, 2.24) is 16.0 Å². The number of methoxy groups -OCH3 is 1. The first kappa shape index (κ1) is 18.8. The Bertz CT molecular complexity index is 783. The molecule has 1 saturated carbocycles. The summed E-state index contributed by atoms with van der Waals surface area (Å²) in [6.07, 6.45) is 2.25. The maximum Gasteiger partial charge on any atom is 0.315 e. The van der Waals surface area contributed by atoms with Crippen LogP contribution >= 0.6 is 0 Å². The van der Waals surface area contributed by atoms with E-state index in [0.717, 1.165) is 29.7 Å². The van der Waals surface area contributed by atoms with E-state index in [1.807, 2.05) is 36.4 Å². The molecule has 3 rings (SSSR count). The number of amides is 3. The molecule has 0 aliphatic heterocycles. The number of carbonyl (C=O) groups excluding carboxylic acids is 2. The minimum absolute atomic E-state index is 0.00605. The van der Waals surface area contributed by atoms with E-state index >= 15 is 0 Å². The Hall–Kier alpha value is -3.02. The highest BCUT2D eigenvalue weighted by Crippen LogP contribution is 2.41. The molecule has 0 bridgehead atoms. The number of nitrogens with one attached hydrogen (secondary N) is 3. The molecule has 27 heavy (non-hydrogen) atoms. The molecule has 1 aliphatic carbocycles. The van der Waals surface area contributed by atoms with E-state index in [2.05, 4.69) is 16.0 Å². The molecule has 1 atom stereocenters. The van der Waals surface area contributed by atoms with E-state index in [9.17, 15) is 9.59 Å². The van der Waals surface area contributed by atoms with Gasteiger partial charge in [-0.1, -0.05) is 24.3 Å². The average Bonchev–Trinajstić information content (AvgIpc) is 3.55. The van der Waals surface area contributed by atoms with Gasteiger partial charge in [0.05, 0.1) is 13.2 Å². The smallest absolute Gasteiger partial charge is 0.315 e. The first-order valence-electron chi connectivity index (χ1n) is 9.10. The summed E-state index contributed by atoms with van der Waals surface area (Å²) in [5.41, 5.74) is 2.62. The summed E-state index contributed by atoms with van der Waals surface area (Å²) in [5.74, 6) is 1.16. The Morgan fingerprint density at radius 3 is 2.30 bits per heavy atom. The predicted octanol–water partition coefficient (Wildman–Crippen LogP) is 3.01. The van der Waals surface area contributed by atoms with Gasteiger partial charge in [-0.3, -0.25) is 4.79 Å². The average molecular weight is 367 g/mol. The summed E-state index contributed by atoms with van der Waals surface area (Å²) in [6.45, 7) is 0.403. The maximum atomic E-state index is 12.4. The van der Waals surface area contributed by atoms with Crippen molar-refractivity contribution in [2.45, 2.75) is 25.4 Å². The number of hydrogen-bond donors (Lipinski definition) is 3. The van der Waals surface area contributed by atoms with E-state index in [1.165, 1.54) is 0 Å². The molecule has 1 aliphatic rings. The molecule has 0 heterocycles. The van der Waals surface area contributed by atoms with Crippen LogP contribution in [0.3, 0.4) is 0 Å². The molecule has 2 aromatic carbocycles. The van der Waals surface area contributed by atoms with Crippen LogP contribution in [0.15, 0.2) is 48.5 Å². The topological polar surface area (TPSA) is 79.5 Å². The first-order valence-corrected chi connectivity index (χ1v) is 9.10. The van der Waals surface area contributed by atoms with E-state index in [-0.39, 0.29) is 18.0 Å². The zero-order valence-corrected chi connectivity index (χ0v) is 15.6. The van der Waals surface area contributed by atoms with Gasteiger partial charge in [-0.15, -0.1) is 0 Å². The van der Waals surface area contributed by atoms with Gasteiger partial charge in [0.1, 0.15) is 5.75 Å². The molecule has 2 aromatic rings. The highest BCUT2D eigenvalue weighted by molar-refractivity contribution is 5.93. The highest BCUT2D eigenvalue weighted by Gasteiger charge is 2.33. The summed E-state index contributed by atoms with van der Waals surface area (Å²) < 4.78 is 5.20. The van der Waals surface area contributed by atoms with Crippen LogP contribution in [-0.2, 0) is 6.54 Å². The van der Waals surface area contributed by atoms with Crippen LogP contribution in [0.25, 0.3) is 0 Å². The normalized spacial score (nSPS) is 14.1. The van der Waals surface area contributed by atoms with Crippen molar-refractivity contribution in [3.8, 4) is 5.75 Å². The lowest BCUT2D eigenvalue weighted by Crippen LogP contribution is -2.38. The summed E-state index contributed by atoms with van der Waals surface area (Å²) in [5, 5.41) is 8.56. The third kappa shape index (κ3) is 5.00. The third-order valence-corrected chi connectivity index (χ3v) is 4.75. The van der Waals surface area contributed by atoms with E-state index in [0.29, 0.717) is 18.0 Å². The van der Waals surface area contributed by atoms with Crippen molar-refractivity contribution in [3.05, 3.63) is 65.2 Å². The van der Waals surface area contributed by atoms with Crippen molar-refractivity contribution in [1.29, 1.82) is 0 Å². The predicted molar refractivity (Wildman–Crippen MR) is 104 cm³/mol. The molecule has 0 spiro atoms. The molecule has 3 amide bonds. The van der Waals surface area contributed by atoms with Gasteiger partial charge in [0.15, 0.2) is 0 Å². The minimum atomic E-state index is -0.196. The second kappa shape index (κ2) is 8.58. The zero-order valence-electron chi connectivity index (χ0n) is 15.6. The summed E-state index contributed by atoms with van der Waals surface area (Å²) in [7, 11) is 3.24. The van der Waals surface area contributed by atoms with Crippen molar-refractivity contribution >= 4 is 11.9 Å². The standard InChI is InChI=1S/C21H25N3O3/c1-22-20(25)17-5-3-14(4-6-17)13-23-21(26)24-19(15-7-8-15)16-9-11-18(27-2)12-10-16/h3-6,9-12,15,19H,7-8,13H2,1-2H3,(H,22,25)(H2,23,24,26). The Labute approximate surface area is 159 Å². The Balaban J connectivity index is 1.56. The molecule has 1 fully saturated rings. The Morgan fingerprint density at radius 2 is 1.74 bits per heavy atom. The van der Waals surface area contributed by atoms with Gasteiger partial charge in [0.2, 0.25) is 0 Å². The first-order chi connectivity index (χ1) is 13.1. The maximum absolute atomic E-state index is 12.4. The van der Waals surface area contributed by atoms with Gasteiger partial charge < -0.3 is 20.7 Å². The molecule has 1 unspecified atom stereocenters. The fourth-order valence-corrected chi connectivity index (χ4v) is 3.01. The van der Waals surface area contributed by atoms with Crippen LogP contribution in [0, 0.1) is 5.92 Å². The van der Waals surface area contributed by atoms with Crippen LogP contribution < -0.4 is 20.7 Å². The summed E-state index contributed by atoms with van der Waals surface area (Å²) >= 11 is 0. The number of rotatable bonds is 7. The van der Waals surface area contributed by atoms with Gasteiger partial charge >= 0.3 is 6.03 Å². The molecular formula is C21H25N3O3. The van der Waals surface area contributed by atoms with Crippen molar-refractivity contribution in [3.63, 3.8) is 0 Å². The van der Waals surface area contributed by atoms with Crippen molar-refractivity contribution < 1.29 is 14.3 Å². The van der Waals surface area contributed by atoms with E-state index in [4.69, 9.17) is 4.74 Å². The van der Waals surface area contributed by atoms with Gasteiger partial charge in [0, 0.05) is 19.2 Å². The SMILES string of the molecule is CNC(=O)c1ccc(CNC(=O)NC(c2ccc(OC)cc2)C2CC2)cc1. The fraction of sp³-hybridized carbons (Fsp3) is 0.333. The highest BCUT2D eigenvalue weighted by atomic mass is 16.5. The third-order valence-electron chi connectivity index (χ3n) is 4.75. The Morgan fingerprint density at radius 1 is 1.07 bits per heavy atom. The quantitative estimate of drug-likeness (QED) is 0.704. The van der Waals surface area contributed by atoms with Gasteiger partial charge in [-0.2, -0.15) is 0 Å². The Kier molecular flexibility index (Phi) is 5.96. The van der Waals surface area contributed by atoms with Gasteiger partial charge in [-0.25, -0.2) is 4.79 Å². The van der Waals surface area contributed by atoms with Gasteiger partial charge in [-0.05, 0) is 54.2 Å². The molecule has 142 valence electrons. The van der Waals surface area contributed by atoms with Crippen molar-refractivity contribution in [2.75, 3.05) is 14.2 Å². The van der Waals surface area contributed by atoms with Crippen LogP contribution in [0.2, 0.25) is 0 Å². The number of carbonyl (C=O) groups is 2. The summed E-state index contributed by atoms with van der Waals surface area (Å²) in [4.78, 5) is 23.9. The van der Waals surface area contributed by atoms with Crippen LogP contribution in [0.1, 0.15) is 40.4 Å². The van der Waals surface area contributed by atoms with Crippen LogP contribution in [-0.4, -0.2) is 26.1 Å². The van der Waals surface area contributed by atoms with Gasteiger partial charge in [0.25, 0.3) is 5.91 Å². The lowest BCUT2D eigenvalue weighted by atomic mass is 10.0. The lowest BCUT2D eigenvalue weighted by Gasteiger charge is -2.19. The largest absolute Gasteiger partial charge is 0.497 e. The number of benzene rings is 2. The zero-order chi connectivity index (χ0) is 19.2. The van der Waals surface area contributed by atoms with Crippen LogP contribution in [0.4, 0.5) is 4.79 Å². The second-order valence-corrected chi connectivity index (χ2v) is 6.69. The van der Waals surface area contributed by atoms with E-state index < -0.39 is 0 Å². The lowest BCUT2D eigenvalue weighted by molar-refractivity contribution is 0.0963. The molecular weight excluding hydrogens is 342 g/mol. The fourth-order valence-electron chi connectivity index (χ4n) is 3.01. The molecule has 6 nitrogen and oxygen atoms in total. The molecule has 0 radical (unpaired) electrons. The molecule has 6 heteroatoms. The molecule has 3 N–H and O–H groups in total. The molecule has 0 saturated heterocycles. The minimum Gasteiger partial charge on any atom is -0.497 e. The molecule has 0 aromatic heterocycles. The number of urea groups is 1. The monoisotopic (exact) mass is 367 g/mol. The van der Waals surface area contributed by atoms with Crippen LogP contribution in [0.5, 0.6) is 5.75 Å².